The molecule has 5 nitrogen and oxygen atoms in total. The predicted molar refractivity (Wildman–Crippen MR) is 84.8 cm³/mol. The second-order valence-electron chi connectivity index (χ2n) is 4.89. The van der Waals surface area contributed by atoms with Crippen molar-refractivity contribution in [2.75, 3.05) is 11.4 Å². The maximum Gasteiger partial charge on any atom is 0.240 e. The predicted octanol–water partition coefficient (Wildman–Crippen LogP) is 2.91. The van der Waals surface area contributed by atoms with Crippen LogP contribution in [-0.4, -0.2) is 18.4 Å². The molecule has 2 amide bonds. The maximum absolute atomic E-state index is 12.0. The Morgan fingerprint density at radius 3 is 2.68 bits per heavy atom. The molecule has 0 bridgehead atoms. The quantitative estimate of drug-likeness (QED) is 0.921. The molecule has 116 valence electrons. The summed E-state index contributed by atoms with van der Waals surface area (Å²) in [6.07, 6.45) is 1.54. The Balaban J connectivity index is 2.05. The van der Waals surface area contributed by atoms with Crippen LogP contribution < -0.4 is 10.2 Å². The number of amides is 2. The number of nitrogens with one attached hydrogen (secondary N) is 1. The number of furan rings is 1. The summed E-state index contributed by atoms with van der Waals surface area (Å²) in [4.78, 5) is 25.3. The first-order valence-corrected chi connectivity index (χ1v) is 7.18. The van der Waals surface area contributed by atoms with Crippen molar-refractivity contribution < 1.29 is 14.0 Å². The summed E-state index contributed by atoms with van der Waals surface area (Å²) in [7, 11) is 0. The van der Waals surface area contributed by atoms with Crippen LogP contribution >= 0.6 is 11.6 Å². The Morgan fingerprint density at radius 1 is 1.32 bits per heavy atom. The molecule has 0 fully saturated rings. The first-order chi connectivity index (χ1) is 10.5. The van der Waals surface area contributed by atoms with Crippen LogP contribution in [0.5, 0.6) is 0 Å². The van der Waals surface area contributed by atoms with Gasteiger partial charge in [-0.05, 0) is 42.8 Å². The van der Waals surface area contributed by atoms with Gasteiger partial charge in [-0.3, -0.25) is 9.59 Å². The van der Waals surface area contributed by atoms with Crippen LogP contribution in [0, 0.1) is 6.92 Å². The van der Waals surface area contributed by atoms with E-state index in [9.17, 15) is 9.59 Å². The number of rotatable bonds is 5. The van der Waals surface area contributed by atoms with Crippen molar-refractivity contribution in [3.63, 3.8) is 0 Å². The van der Waals surface area contributed by atoms with E-state index in [4.69, 9.17) is 16.0 Å². The van der Waals surface area contributed by atoms with Crippen LogP contribution in [0.4, 0.5) is 5.69 Å². The monoisotopic (exact) mass is 320 g/mol. The average Bonchev–Trinajstić information content (AvgIpc) is 2.96. The average molecular weight is 321 g/mol. The fourth-order valence-electron chi connectivity index (χ4n) is 2.09. The molecule has 1 N–H and O–H groups in total. The van der Waals surface area contributed by atoms with Gasteiger partial charge in [0, 0.05) is 17.6 Å². The topological polar surface area (TPSA) is 62.6 Å². The summed E-state index contributed by atoms with van der Waals surface area (Å²) in [5, 5.41) is 3.31. The molecule has 2 aromatic rings. The van der Waals surface area contributed by atoms with Gasteiger partial charge in [0.15, 0.2) is 0 Å². The summed E-state index contributed by atoms with van der Waals surface area (Å²) in [5.41, 5.74) is 1.51. The molecule has 0 saturated carbocycles. The third-order valence-electron chi connectivity index (χ3n) is 3.17. The molecular weight excluding hydrogens is 304 g/mol. The molecule has 1 aromatic carbocycles. The molecule has 2 rings (SSSR count). The van der Waals surface area contributed by atoms with Gasteiger partial charge in [-0.1, -0.05) is 11.6 Å². The van der Waals surface area contributed by atoms with Gasteiger partial charge in [-0.2, -0.15) is 0 Å². The fourth-order valence-corrected chi connectivity index (χ4v) is 2.31. The van der Waals surface area contributed by atoms with Crippen LogP contribution in [0.3, 0.4) is 0 Å². The molecule has 1 heterocycles. The van der Waals surface area contributed by atoms with Crippen molar-refractivity contribution in [2.45, 2.75) is 20.4 Å². The number of nitrogens with zero attached hydrogens (tertiary/aromatic N) is 1. The molecule has 0 aliphatic rings. The number of carbonyl (C=O) groups excluding carboxylic acids is 2. The highest BCUT2D eigenvalue weighted by atomic mass is 35.5. The van der Waals surface area contributed by atoms with Crippen LogP contribution in [0.25, 0.3) is 0 Å². The number of halogens is 1. The lowest BCUT2D eigenvalue weighted by molar-refractivity contribution is -0.123. The third-order valence-corrected chi connectivity index (χ3v) is 3.41. The number of anilines is 1. The van der Waals surface area contributed by atoms with Crippen LogP contribution in [0.1, 0.15) is 18.2 Å². The molecule has 0 atom stereocenters. The van der Waals surface area contributed by atoms with Crippen LogP contribution in [-0.2, 0) is 16.1 Å². The highest BCUT2D eigenvalue weighted by Gasteiger charge is 2.17. The lowest BCUT2D eigenvalue weighted by atomic mass is 10.1. The number of benzene rings is 1. The van der Waals surface area contributed by atoms with Gasteiger partial charge in [0.2, 0.25) is 11.8 Å². The van der Waals surface area contributed by atoms with Gasteiger partial charge in [-0.25, -0.2) is 0 Å². The van der Waals surface area contributed by atoms with E-state index in [2.05, 4.69) is 5.32 Å². The van der Waals surface area contributed by atoms with E-state index in [0.717, 1.165) is 5.56 Å². The van der Waals surface area contributed by atoms with E-state index in [0.29, 0.717) is 16.5 Å². The second-order valence-corrected chi connectivity index (χ2v) is 5.33. The maximum atomic E-state index is 12.0. The molecule has 22 heavy (non-hydrogen) atoms. The molecule has 0 radical (unpaired) electrons. The Kier molecular flexibility index (Phi) is 5.22. The largest absolute Gasteiger partial charge is 0.467 e. The van der Waals surface area contributed by atoms with E-state index < -0.39 is 0 Å². The lowest BCUT2D eigenvalue weighted by Gasteiger charge is -2.22. The minimum Gasteiger partial charge on any atom is -0.467 e. The van der Waals surface area contributed by atoms with Crippen molar-refractivity contribution in [1.29, 1.82) is 0 Å². The zero-order valence-electron chi connectivity index (χ0n) is 12.4. The van der Waals surface area contributed by atoms with Gasteiger partial charge in [-0.15, -0.1) is 0 Å². The fraction of sp³-hybridized carbons (Fsp3) is 0.250. The van der Waals surface area contributed by atoms with Crippen molar-refractivity contribution in [1.82, 2.24) is 5.32 Å². The smallest absolute Gasteiger partial charge is 0.240 e. The van der Waals surface area contributed by atoms with Gasteiger partial charge < -0.3 is 14.6 Å². The highest BCUT2D eigenvalue weighted by molar-refractivity contribution is 6.30. The second kappa shape index (κ2) is 7.13. The summed E-state index contributed by atoms with van der Waals surface area (Å²) < 4.78 is 5.14. The number of hydrogen-bond acceptors (Lipinski definition) is 3. The van der Waals surface area contributed by atoms with E-state index >= 15 is 0 Å². The molecule has 0 unspecified atom stereocenters. The molecule has 0 aliphatic heterocycles. The molecule has 6 heteroatoms. The Morgan fingerprint density at radius 2 is 2.09 bits per heavy atom. The molecule has 0 saturated heterocycles. The standard InChI is InChI=1S/C16H17ClN2O3/c1-11-8-13(17)5-6-15(11)19(12(2)20)10-16(21)18-9-14-4-3-7-22-14/h3-8H,9-10H2,1-2H3,(H,18,21). The summed E-state index contributed by atoms with van der Waals surface area (Å²) >= 11 is 5.92. The Labute approximate surface area is 133 Å². The Hall–Kier alpha value is -2.27. The van der Waals surface area contributed by atoms with Crippen LogP contribution in [0.15, 0.2) is 41.0 Å². The molecular formula is C16H17ClN2O3. The van der Waals surface area contributed by atoms with Gasteiger partial charge in [0.05, 0.1) is 12.8 Å². The summed E-state index contributed by atoms with van der Waals surface area (Å²) in [6.45, 7) is 3.50. The van der Waals surface area contributed by atoms with Gasteiger partial charge >= 0.3 is 0 Å². The first-order valence-electron chi connectivity index (χ1n) is 6.80. The summed E-state index contributed by atoms with van der Waals surface area (Å²) in [5.74, 6) is 0.185. The van der Waals surface area contributed by atoms with Crippen molar-refractivity contribution in [3.8, 4) is 0 Å². The lowest BCUT2D eigenvalue weighted by Crippen LogP contribution is -2.39. The SMILES string of the molecule is CC(=O)N(CC(=O)NCc1ccco1)c1ccc(Cl)cc1C. The van der Waals surface area contributed by atoms with Crippen molar-refractivity contribution >= 4 is 29.1 Å². The van der Waals surface area contributed by atoms with E-state index in [1.807, 2.05) is 6.92 Å². The minimum atomic E-state index is -0.263. The number of carbonyl (C=O) groups is 2. The van der Waals surface area contributed by atoms with Crippen molar-refractivity contribution in [2.24, 2.45) is 0 Å². The Bertz CT molecular complexity index is 668. The van der Waals surface area contributed by atoms with Gasteiger partial charge in [0.25, 0.3) is 0 Å². The normalized spacial score (nSPS) is 10.3. The number of hydrogen-bond donors (Lipinski definition) is 1. The van der Waals surface area contributed by atoms with E-state index in [1.54, 1.807) is 36.6 Å². The van der Waals surface area contributed by atoms with Gasteiger partial charge in [0.1, 0.15) is 12.3 Å². The van der Waals surface area contributed by atoms with E-state index in [-0.39, 0.29) is 24.9 Å². The molecule has 0 spiro atoms. The van der Waals surface area contributed by atoms with Crippen molar-refractivity contribution in [3.05, 3.63) is 52.9 Å². The van der Waals surface area contributed by atoms with Crippen LogP contribution in [0.2, 0.25) is 5.02 Å². The number of aryl methyl sites for hydroxylation is 1. The third kappa shape index (κ3) is 4.11. The molecule has 1 aromatic heterocycles. The highest BCUT2D eigenvalue weighted by Crippen LogP contribution is 2.23. The molecule has 0 aliphatic carbocycles. The minimum absolute atomic E-state index is 0.0570. The summed E-state index contributed by atoms with van der Waals surface area (Å²) in [6, 6.07) is 8.71. The first kappa shape index (κ1) is 16.1. The zero-order chi connectivity index (χ0) is 16.1. The van der Waals surface area contributed by atoms with E-state index in [1.165, 1.54) is 11.8 Å². The zero-order valence-corrected chi connectivity index (χ0v) is 13.2.